The van der Waals surface area contributed by atoms with Crippen molar-refractivity contribution in [2.24, 2.45) is 0 Å². The van der Waals surface area contributed by atoms with Gasteiger partial charge in [-0.3, -0.25) is 0 Å². The molecule has 1 aromatic rings. The van der Waals surface area contributed by atoms with E-state index >= 15 is 0 Å². The molecule has 1 fully saturated rings. The van der Waals surface area contributed by atoms with E-state index in [2.05, 4.69) is 28.7 Å². The van der Waals surface area contributed by atoms with E-state index in [0.717, 1.165) is 27.7 Å². The lowest BCUT2D eigenvalue weighted by atomic mass is 10.2. The molecule has 116 valence electrons. The molecule has 0 bridgehead atoms. The van der Waals surface area contributed by atoms with Crippen LogP contribution in [0.2, 0.25) is 0 Å². The summed E-state index contributed by atoms with van der Waals surface area (Å²) in [6.07, 6.45) is 1.90. The second kappa shape index (κ2) is 6.42. The summed E-state index contributed by atoms with van der Waals surface area (Å²) < 4.78 is 11.8. The van der Waals surface area contributed by atoms with E-state index in [1.165, 1.54) is 0 Å². The third-order valence-corrected chi connectivity index (χ3v) is 4.03. The number of nitrogens with zero attached hydrogens (tertiary/aromatic N) is 1. The second-order valence-corrected chi connectivity index (χ2v) is 7.47. The van der Waals surface area contributed by atoms with Crippen molar-refractivity contribution < 1.29 is 14.3 Å². The number of methoxy groups -OCH3 is 1. The van der Waals surface area contributed by atoms with Gasteiger partial charge in [-0.1, -0.05) is 6.07 Å². The number of carbonyl (C=O) groups is 1. The molecular weight excluding hydrogens is 381 g/mol. The van der Waals surface area contributed by atoms with Crippen LogP contribution in [0, 0.1) is 3.57 Å². The van der Waals surface area contributed by atoms with E-state index in [1.807, 2.05) is 37.8 Å². The van der Waals surface area contributed by atoms with Gasteiger partial charge in [0.2, 0.25) is 0 Å². The van der Waals surface area contributed by atoms with Crippen molar-refractivity contribution in [1.29, 1.82) is 0 Å². The van der Waals surface area contributed by atoms with Crippen molar-refractivity contribution in [3.05, 3.63) is 27.3 Å². The zero-order valence-electron chi connectivity index (χ0n) is 13.0. The average Bonchev–Trinajstić information content (AvgIpc) is 3.18. The first-order valence-electron chi connectivity index (χ1n) is 7.12. The predicted octanol–water partition coefficient (Wildman–Crippen LogP) is 4.20. The van der Waals surface area contributed by atoms with Crippen LogP contribution >= 0.6 is 22.6 Å². The fraction of sp³-hybridized carbons (Fsp3) is 0.562. The second-order valence-electron chi connectivity index (χ2n) is 6.31. The fourth-order valence-corrected chi connectivity index (χ4v) is 2.85. The number of carbonyl (C=O) groups excluding carboxylic acids is 1. The number of amides is 1. The predicted molar refractivity (Wildman–Crippen MR) is 90.5 cm³/mol. The van der Waals surface area contributed by atoms with Gasteiger partial charge in [-0.15, -0.1) is 0 Å². The van der Waals surface area contributed by atoms with Gasteiger partial charge in [-0.2, -0.15) is 0 Å². The van der Waals surface area contributed by atoms with Gasteiger partial charge in [0.25, 0.3) is 0 Å². The molecule has 0 unspecified atom stereocenters. The molecule has 1 aromatic carbocycles. The van der Waals surface area contributed by atoms with Crippen molar-refractivity contribution in [3.8, 4) is 5.75 Å². The van der Waals surface area contributed by atoms with Crippen LogP contribution in [0.3, 0.4) is 0 Å². The number of ether oxygens (including phenoxy) is 2. The Balaban J connectivity index is 2.10. The Kier molecular flexibility index (Phi) is 5.01. The largest absolute Gasteiger partial charge is 0.496 e. The molecule has 0 N–H and O–H groups in total. The number of hydrogen-bond donors (Lipinski definition) is 0. The van der Waals surface area contributed by atoms with Gasteiger partial charge in [0.05, 0.1) is 10.7 Å². The molecule has 1 saturated carbocycles. The molecule has 0 heterocycles. The summed E-state index contributed by atoms with van der Waals surface area (Å²) in [5.74, 6) is 0.856. The van der Waals surface area contributed by atoms with E-state index in [-0.39, 0.29) is 6.09 Å². The van der Waals surface area contributed by atoms with Crippen LogP contribution in [0.4, 0.5) is 4.79 Å². The fourth-order valence-electron chi connectivity index (χ4n) is 2.05. The summed E-state index contributed by atoms with van der Waals surface area (Å²) in [5, 5.41) is 0. The Morgan fingerprint density at radius 2 is 2.05 bits per heavy atom. The molecule has 2 rings (SSSR count). The van der Waals surface area contributed by atoms with Crippen LogP contribution < -0.4 is 4.74 Å². The smallest absolute Gasteiger partial charge is 0.410 e. The van der Waals surface area contributed by atoms with Crippen LogP contribution in [-0.2, 0) is 11.3 Å². The van der Waals surface area contributed by atoms with Crippen LogP contribution in [0.5, 0.6) is 5.75 Å². The summed E-state index contributed by atoms with van der Waals surface area (Å²) in [6, 6.07) is 6.32. The maximum absolute atomic E-state index is 12.3. The lowest BCUT2D eigenvalue weighted by molar-refractivity contribution is 0.0216. The normalized spacial score (nSPS) is 14.7. The van der Waals surface area contributed by atoms with Crippen LogP contribution in [-0.4, -0.2) is 29.7 Å². The summed E-state index contributed by atoms with van der Waals surface area (Å²) in [7, 11) is 1.66. The van der Waals surface area contributed by atoms with Crippen LogP contribution in [0.25, 0.3) is 0 Å². The molecule has 4 nitrogen and oxygen atoms in total. The Morgan fingerprint density at radius 3 is 2.52 bits per heavy atom. The van der Waals surface area contributed by atoms with Crippen LogP contribution in [0.1, 0.15) is 39.2 Å². The van der Waals surface area contributed by atoms with E-state index in [9.17, 15) is 4.79 Å². The highest BCUT2D eigenvalue weighted by atomic mass is 127. The van der Waals surface area contributed by atoms with Gasteiger partial charge >= 0.3 is 6.09 Å². The molecule has 0 aromatic heterocycles. The number of benzene rings is 1. The highest BCUT2D eigenvalue weighted by Gasteiger charge is 2.35. The first-order chi connectivity index (χ1) is 9.80. The van der Waals surface area contributed by atoms with Gasteiger partial charge in [0.15, 0.2) is 0 Å². The summed E-state index contributed by atoms with van der Waals surface area (Å²) in [5.41, 5.74) is 0.636. The maximum atomic E-state index is 12.3. The minimum atomic E-state index is -0.460. The monoisotopic (exact) mass is 403 g/mol. The van der Waals surface area contributed by atoms with E-state index < -0.39 is 5.60 Å². The first kappa shape index (κ1) is 16.4. The molecule has 0 aliphatic heterocycles. The molecule has 0 radical (unpaired) electrons. The molecule has 1 amide bonds. The molecular formula is C16H22INO3. The third-order valence-electron chi connectivity index (χ3n) is 3.18. The molecule has 5 heteroatoms. The quantitative estimate of drug-likeness (QED) is 0.708. The van der Waals surface area contributed by atoms with Gasteiger partial charge in [0.1, 0.15) is 11.4 Å². The average molecular weight is 403 g/mol. The zero-order valence-corrected chi connectivity index (χ0v) is 15.1. The molecule has 0 spiro atoms. The van der Waals surface area contributed by atoms with Crippen molar-refractivity contribution >= 4 is 28.7 Å². The Bertz CT molecular complexity index is 521. The highest BCUT2D eigenvalue weighted by molar-refractivity contribution is 14.1. The SMILES string of the molecule is COc1ccc(CN(C(=O)OC(C)(C)C)C2CC2)cc1I. The molecule has 0 atom stereocenters. The summed E-state index contributed by atoms with van der Waals surface area (Å²) >= 11 is 2.25. The molecule has 1 aliphatic rings. The lowest BCUT2D eigenvalue weighted by Gasteiger charge is -2.27. The number of halogens is 1. The summed E-state index contributed by atoms with van der Waals surface area (Å²) in [4.78, 5) is 14.2. The zero-order chi connectivity index (χ0) is 15.6. The van der Waals surface area contributed by atoms with Gasteiger partial charge in [-0.25, -0.2) is 4.79 Å². The molecule has 0 saturated heterocycles. The summed E-state index contributed by atoms with van der Waals surface area (Å²) in [6.45, 7) is 6.27. The minimum absolute atomic E-state index is 0.226. The van der Waals surface area contributed by atoms with E-state index in [4.69, 9.17) is 9.47 Å². The highest BCUT2D eigenvalue weighted by Crippen LogP contribution is 2.31. The third kappa shape index (κ3) is 4.76. The lowest BCUT2D eigenvalue weighted by Crippen LogP contribution is -2.37. The van der Waals surface area contributed by atoms with Crippen molar-refractivity contribution in [2.45, 2.75) is 51.8 Å². The van der Waals surface area contributed by atoms with Crippen molar-refractivity contribution in [1.82, 2.24) is 4.90 Å². The Morgan fingerprint density at radius 1 is 1.38 bits per heavy atom. The van der Waals surface area contributed by atoms with Gasteiger partial charge < -0.3 is 14.4 Å². The van der Waals surface area contributed by atoms with Gasteiger partial charge in [-0.05, 0) is 73.9 Å². The van der Waals surface area contributed by atoms with Crippen molar-refractivity contribution in [2.75, 3.05) is 7.11 Å². The Labute approximate surface area is 139 Å². The number of hydrogen-bond acceptors (Lipinski definition) is 3. The topological polar surface area (TPSA) is 38.8 Å². The van der Waals surface area contributed by atoms with E-state index in [0.29, 0.717) is 12.6 Å². The molecule has 21 heavy (non-hydrogen) atoms. The molecule has 1 aliphatic carbocycles. The first-order valence-corrected chi connectivity index (χ1v) is 8.20. The maximum Gasteiger partial charge on any atom is 0.410 e. The van der Waals surface area contributed by atoms with Gasteiger partial charge in [0, 0.05) is 12.6 Å². The van der Waals surface area contributed by atoms with Crippen molar-refractivity contribution in [3.63, 3.8) is 0 Å². The Hall–Kier alpha value is -0.980. The standard InChI is InChI=1S/C16H22INO3/c1-16(2,3)21-15(19)18(12-6-7-12)10-11-5-8-14(20-4)13(17)9-11/h5,8-9,12H,6-7,10H2,1-4H3. The number of rotatable bonds is 4. The van der Waals surface area contributed by atoms with E-state index in [1.54, 1.807) is 7.11 Å². The van der Waals surface area contributed by atoms with Crippen LogP contribution in [0.15, 0.2) is 18.2 Å². The minimum Gasteiger partial charge on any atom is -0.496 e.